The molecule has 3 heteroatoms. The third-order valence-corrected chi connectivity index (χ3v) is 3.67. The van der Waals surface area contributed by atoms with Gasteiger partial charge < -0.3 is 10.2 Å². The minimum Gasteiger partial charge on any atom is -0.481 e. The van der Waals surface area contributed by atoms with Gasteiger partial charge in [-0.2, -0.15) is 0 Å². The molecule has 1 atom stereocenters. The highest BCUT2D eigenvalue weighted by Gasteiger charge is 2.35. The van der Waals surface area contributed by atoms with E-state index in [2.05, 4.69) is 0 Å². The molecule has 0 saturated heterocycles. The molecule has 0 spiro atoms. The van der Waals surface area contributed by atoms with Crippen LogP contribution in [0.2, 0.25) is 0 Å². The van der Waals surface area contributed by atoms with Crippen LogP contribution in [0.4, 0.5) is 0 Å². The van der Waals surface area contributed by atoms with E-state index in [0.717, 1.165) is 32.1 Å². The lowest BCUT2D eigenvalue weighted by molar-refractivity contribution is -0.144. The molecule has 1 rings (SSSR count). The highest BCUT2D eigenvalue weighted by molar-refractivity contribution is 5.69. The van der Waals surface area contributed by atoms with Crippen molar-refractivity contribution in [2.45, 2.75) is 51.6 Å². The lowest BCUT2D eigenvalue weighted by Crippen LogP contribution is -2.37. The number of rotatable bonds is 3. The Morgan fingerprint density at radius 2 is 1.86 bits per heavy atom. The van der Waals surface area contributed by atoms with Crippen LogP contribution in [0, 0.1) is 11.8 Å². The fraction of sp³-hybridized carbons (Fsp3) is 0.909. The van der Waals surface area contributed by atoms with Crippen LogP contribution < -0.4 is 0 Å². The zero-order valence-electron chi connectivity index (χ0n) is 8.99. The summed E-state index contributed by atoms with van der Waals surface area (Å²) in [6.45, 7) is 3.84. The van der Waals surface area contributed by atoms with Crippen LogP contribution in [0.15, 0.2) is 0 Å². The van der Waals surface area contributed by atoms with Gasteiger partial charge in [-0.25, -0.2) is 0 Å². The minimum atomic E-state index is -0.681. The van der Waals surface area contributed by atoms with Crippen molar-refractivity contribution >= 4 is 5.97 Å². The standard InChI is InChI=1S/C11H20O3/c1-3-11(2,14)9-6-4-8(5-7-9)10(12)13/h8-9,14H,3-7H2,1-2H3,(H,12,13). The molecule has 0 aromatic rings. The first-order valence-electron chi connectivity index (χ1n) is 5.42. The SMILES string of the molecule is CCC(C)(O)C1CCC(C(=O)O)CC1. The summed E-state index contributed by atoms with van der Waals surface area (Å²) in [6, 6.07) is 0. The van der Waals surface area contributed by atoms with Gasteiger partial charge in [-0.3, -0.25) is 4.79 Å². The van der Waals surface area contributed by atoms with Gasteiger partial charge in [-0.05, 0) is 44.9 Å². The molecule has 82 valence electrons. The summed E-state index contributed by atoms with van der Waals surface area (Å²) >= 11 is 0. The number of hydrogen-bond acceptors (Lipinski definition) is 2. The third kappa shape index (κ3) is 2.47. The Morgan fingerprint density at radius 3 is 2.21 bits per heavy atom. The van der Waals surface area contributed by atoms with Crippen molar-refractivity contribution < 1.29 is 15.0 Å². The van der Waals surface area contributed by atoms with Crippen molar-refractivity contribution in [2.75, 3.05) is 0 Å². The van der Waals surface area contributed by atoms with Crippen LogP contribution in [0.1, 0.15) is 46.0 Å². The predicted molar refractivity (Wildman–Crippen MR) is 54.0 cm³/mol. The quantitative estimate of drug-likeness (QED) is 0.733. The van der Waals surface area contributed by atoms with Gasteiger partial charge in [0.25, 0.3) is 0 Å². The first kappa shape index (κ1) is 11.5. The summed E-state index contributed by atoms with van der Waals surface area (Å²) in [5.41, 5.74) is -0.608. The molecular formula is C11H20O3. The highest BCUT2D eigenvalue weighted by Crippen LogP contribution is 2.36. The number of carboxylic acid groups (broad SMARTS) is 1. The number of aliphatic hydroxyl groups is 1. The minimum absolute atomic E-state index is 0.182. The Hall–Kier alpha value is -0.570. The second-order valence-corrected chi connectivity index (χ2v) is 4.60. The molecule has 2 N–H and O–H groups in total. The summed E-state index contributed by atoms with van der Waals surface area (Å²) in [5.74, 6) is -0.582. The van der Waals surface area contributed by atoms with Crippen LogP contribution in [-0.4, -0.2) is 21.8 Å². The van der Waals surface area contributed by atoms with E-state index in [1.165, 1.54) is 0 Å². The molecule has 1 saturated carbocycles. The Morgan fingerprint density at radius 1 is 1.36 bits per heavy atom. The fourth-order valence-electron chi connectivity index (χ4n) is 2.25. The van der Waals surface area contributed by atoms with Gasteiger partial charge in [0.1, 0.15) is 0 Å². The van der Waals surface area contributed by atoms with Crippen molar-refractivity contribution in [1.29, 1.82) is 0 Å². The molecule has 1 aliphatic carbocycles. The van der Waals surface area contributed by atoms with E-state index in [1.807, 2.05) is 13.8 Å². The van der Waals surface area contributed by atoms with Crippen molar-refractivity contribution in [2.24, 2.45) is 11.8 Å². The van der Waals surface area contributed by atoms with Gasteiger partial charge in [0, 0.05) is 0 Å². The van der Waals surface area contributed by atoms with Crippen molar-refractivity contribution in [3.05, 3.63) is 0 Å². The van der Waals surface area contributed by atoms with Gasteiger partial charge in [0.2, 0.25) is 0 Å². The molecule has 0 bridgehead atoms. The van der Waals surface area contributed by atoms with Crippen LogP contribution in [-0.2, 0) is 4.79 Å². The summed E-state index contributed by atoms with van der Waals surface area (Å²) in [4.78, 5) is 10.7. The lowest BCUT2D eigenvalue weighted by atomic mass is 9.73. The maximum absolute atomic E-state index is 10.7. The lowest BCUT2D eigenvalue weighted by Gasteiger charge is -2.36. The number of hydrogen-bond donors (Lipinski definition) is 2. The van der Waals surface area contributed by atoms with E-state index in [-0.39, 0.29) is 11.8 Å². The second-order valence-electron chi connectivity index (χ2n) is 4.60. The maximum atomic E-state index is 10.7. The molecule has 0 aromatic carbocycles. The first-order chi connectivity index (χ1) is 6.47. The molecule has 0 radical (unpaired) electrons. The Labute approximate surface area is 85.1 Å². The van der Waals surface area contributed by atoms with Crippen molar-refractivity contribution in [3.63, 3.8) is 0 Å². The zero-order chi connectivity index (χ0) is 10.8. The van der Waals surface area contributed by atoms with Gasteiger partial charge in [0.05, 0.1) is 11.5 Å². The Kier molecular flexibility index (Phi) is 3.53. The van der Waals surface area contributed by atoms with Gasteiger partial charge in [-0.15, -0.1) is 0 Å². The van der Waals surface area contributed by atoms with E-state index >= 15 is 0 Å². The molecule has 1 aliphatic rings. The summed E-state index contributed by atoms with van der Waals surface area (Å²) in [5, 5.41) is 18.8. The Balaban J connectivity index is 2.47. The van der Waals surface area contributed by atoms with E-state index in [1.54, 1.807) is 0 Å². The molecule has 1 unspecified atom stereocenters. The molecule has 0 aliphatic heterocycles. The maximum Gasteiger partial charge on any atom is 0.306 e. The van der Waals surface area contributed by atoms with E-state index in [9.17, 15) is 9.90 Å². The van der Waals surface area contributed by atoms with Crippen molar-refractivity contribution in [1.82, 2.24) is 0 Å². The number of carbonyl (C=O) groups is 1. The summed E-state index contributed by atoms with van der Waals surface area (Å²) in [7, 11) is 0. The van der Waals surface area contributed by atoms with E-state index in [4.69, 9.17) is 5.11 Å². The van der Waals surface area contributed by atoms with Gasteiger partial charge in [0.15, 0.2) is 0 Å². The Bertz CT molecular complexity index is 203. The third-order valence-electron chi connectivity index (χ3n) is 3.67. The molecule has 0 amide bonds. The summed E-state index contributed by atoms with van der Waals surface area (Å²) < 4.78 is 0. The average Bonchev–Trinajstić information content (AvgIpc) is 2.18. The normalized spacial score (nSPS) is 32.2. The van der Waals surface area contributed by atoms with E-state index < -0.39 is 11.6 Å². The molecule has 3 nitrogen and oxygen atoms in total. The first-order valence-corrected chi connectivity index (χ1v) is 5.42. The molecule has 1 fully saturated rings. The number of aliphatic carboxylic acids is 1. The van der Waals surface area contributed by atoms with Gasteiger partial charge >= 0.3 is 5.97 Å². The fourth-order valence-corrected chi connectivity index (χ4v) is 2.25. The molecular weight excluding hydrogens is 180 g/mol. The number of carboxylic acids is 1. The van der Waals surface area contributed by atoms with Crippen LogP contribution in [0.3, 0.4) is 0 Å². The topological polar surface area (TPSA) is 57.5 Å². The smallest absolute Gasteiger partial charge is 0.306 e. The van der Waals surface area contributed by atoms with Crippen LogP contribution in [0.25, 0.3) is 0 Å². The molecule has 0 heterocycles. The molecule has 0 aromatic heterocycles. The summed E-state index contributed by atoms with van der Waals surface area (Å²) in [6.07, 6.45) is 3.87. The highest BCUT2D eigenvalue weighted by atomic mass is 16.4. The van der Waals surface area contributed by atoms with E-state index in [0.29, 0.717) is 0 Å². The van der Waals surface area contributed by atoms with Crippen LogP contribution >= 0.6 is 0 Å². The average molecular weight is 200 g/mol. The predicted octanol–water partition coefficient (Wildman–Crippen LogP) is 2.04. The zero-order valence-corrected chi connectivity index (χ0v) is 8.99. The second kappa shape index (κ2) is 4.30. The largest absolute Gasteiger partial charge is 0.481 e. The molecule has 14 heavy (non-hydrogen) atoms. The monoisotopic (exact) mass is 200 g/mol. The van der Waals surface area contributed by atoms with Crippen molar-refractivity contribution in [3.8, 4) is 0 Å². The van der Waals surface area contributed by atoms with Crippen LogP contribution in [0.5, 0.6) is 0 Å². The van der Waals surface area contributed by atoms with Gasteiger partial charge in [-0.1, -0.05) is 6.92 Å².